The van der Waals surface area contributed by atoms with Crippen molar-refractivity contribution in [2.75, 3.05) is 0 Å². The van der Waals surface area contributed by atoms with Crippen LogP contribution in [-0.2, 0) is 34.1 Å². The summed E-state index contributed by atoms with van der Waals surface area (Å²) < 4.78 is 0. The van der Waals surface area contributed by atoms with E-state index in [0.717, 1.165) is 6.42 Å². The molecular weight excluding hydrogens is 1200 g/mol. The molecule has 7 rings (SSSR count). The van der Waals surface area contributed by atoms with Crippen molar-refractivity contribution in [2.45, 2.75) is 323 Å². The molecule has 0 fully saturated rings. The predicted octanol–water partition coefficient (Wildman–Crippen LogP) is 29.7. The molecule has 2 heteroatoms. The monoisotopic (exact) mass is 1330 g/mol. The van der Waals surface area contributed by atoms with Gasteiger partial charge in [-0.25, -0.2) is 0 Å². The first-order valence-electron chi connectivity index (χ1n) is 36.4. The van der Waals surface area contributed by atoms with Gasteiger partial charge < -0.3 is 0 Å². The van der Waals surface area contributed by atoms with E-state index in [2.05, 4.69) is 319 Å². The van der Waals surface area contributed by atoms with Gasteiger partial charge in [-0.3, -0.25) is 0 Å². The zero-order chi connectivity index (χ0) is 68.5. The Balaban J connectivity index is 0.000000429. The molecule has 6 aromatic rings. The van der Waals surface area contributed by atoms with Crippen molar-refractivity contribution in [3.8, 4) is 44.5 Å². The van der Waals surface area contributed by atoms with E-state index in [1.807, 2.05) is 12.2 Å². The minimum atomic E-state index is 0. The van der Waals surface area contributed by atoms with Gasteiger partial charge in [-0.2, -0.15) is 0 Å². The second-order valence-corrected chi connectivity index (χ2v) is 32.1. The third kappa shape index (κ3) is 20.1. The van der Waals surface area contributed by atoms with Crippen molar-refractivity contribution in [2.24, 2.45) is 0 Å². The van der Waals surface area contributed by atoms with Crippen molar-refractivity contribution in [1.29, 1.82) is 0 Å². The molecule has 2 radical (unpaired) electrons. The number of hydrogen-bond acceptors (Lipinski definition) is 0. The summed E-state index contributed by atoms with van der Waals surface area (Å²) in [7, 11) is 0. The first-order valence-corrected chi connectivity index (χ1v) is 36.4. The SMILES string of the molecule is C1=CC=CCC=C1.CC(C)c1cc(C(C)C)c(-c2[c-]c(-c3c(C(C)C)cc(C(C)C)cc3C(C)C)c(C(C)C)cc2C(C)C)c(C(C)C)c1.CC(C)c1cc(C(C)C)c(-c2[c-]c(-c3c(C(C)C)cc(C(C)C)cc3C(C)C)c(C(C)C)cc2C(C)C)c(C(C)C)c1.[Mn].[Mn]. The third-order valence-corrected chi connectivity index (χ3v) is 19.2. The number of hydrogen-bond donors (Lipinski definition) is 0. The van der Waals surface area contributed by atoms with Gasteiger partial charge in [0.15, 0.2) is 0 Å². The maximum absolute atomic E-state index is 4.26. The minimum absolute atomic E-state index is 0. The van der Waals surface area contributed by atoms with E-state index in [0.29, 0.717) is 94.7 Å². The van der Waals surface area contributed by atoms with Crippen LogP contribution < -0.4 is 0 Å². The Bertz CT molecular complexity index is 2920. The number of benzene rings is 6. The van der Waals surface area contributed by atoms with Crippen LogP contribution in [0.3, 0.4) is 0 Å². The molecule has 0 N–H and O–H groups in total. The molecule has 0 heterocycles. The van der Waals surface area contributed by atoms with Gasteiger partial charge in [-0.15, -0.1) is 68.8 Å². The van der Waals surface area contributed by atoms with Crippen LogP contribution in [0.2, 0.25) is 0 Å². The number of rotatable bonds is 20. The average molecular weight is 1330 g/mol. The molecule has 1 aliphatic carbocycles. The van der Waals surface area contributed by atoms with Gasteiger partial charge in [-0.05, 0) is 123 Å². The van der Waals surface area contributed by atoms with E-state index in [1.165, 1.54) is 134 Å². The summed E-state index contributed by atoms with van der Waals surface area (Å²) in [6.07, 6.45) is 13.5. The Labute approximate surface area is 595 Å². The molecule has 0 atom stereocenters. The Hall–Kier alpha value is -4.42. The maximum atomic E-state index is 4.26. The first kappa shape index (κ1) is 82.8. The fourth-order valence-electron chi connectivity index (χ4n) is 13.3. The fraction of sp³-hybridized carbons (Fsp3) is 0.538. The van der Waals surface area contributed by atoms with Crippen LogP contribution in [0.15, 0.2) is 97.1 Å². The van der Waals surface area contributed by atoms with Crippen LogP contribution in [0, 0.1) is 12.1 Å². The van der Waals surface area contributed by atoms with Crippen LogP contribution >= 0.6 is 0 Å². The first-order chi connectivity index (χ1) is 42.4. The van der Waals surface area contributed by atoms with Crippen molar-refractivity contribution >= 4 is 0 Å². The Morgan fingerprint density at radius 1 is 0.194 bits per heavy atom. The minimum Gasteiger partial charge on any atom is -0.122 e. The maximum Gasteiger partial charge on any atom is 0 e. The van der Waals surface area contributed by atoms with Gasteiger partial charge in [0.05, 0.1) is 0 Å². The zero-order valence-corrected chi connectivity index (χ0v) is 67.3. The van der Waals surface area contributed by atoms with E-state index < -0.39 is 0 Å². The summed E-state index contributed by atoms with van der Waals surface area (Å²) in [5.74, 6) is 7.09. The van der Waals surface area contributed by atoms with Crippen LogP contribution in [-0.4, -0.2) is 0 Å². The largest absolute Gasteiger partial charge is 0.122 e. The summed E-state index contributed by atoms with van der Waals surface area (Å²) >= 11 is 0. The normalized spacial score (nSPS) is 12.6. The standard InChI is InChI=1S/2C42H61.C7H8.2Mn/c2*1-23(2)31-17-35(27(9)10)41(36(18-31)28(11)12)39-22-40(34(26(7)8)21-33(39)25(5)6)42-37(29(13)14)19-32(24(3)4)20-38(42)30(15)16;1-2-4-6-7-5-3-1;;/h2*17-21,23-30H,1-16H3;1-6H,7H2;;/q2*-1;;;. The molecule has 6 aromatic carbocycles. The molecule has 1 aliphatic rings. The third-order valence-electron chi connectivity index (χ3n) is 19.2. The Kier molecular flexibility index (Phi) is 32.3. The van der Waals surface area contributed by atoms with Crippen LogP contribution in [0.1, 0.15) is 412 Å². The summed E-state index contributed by atoms with van der Waals surface area (Å²) in [6.45, 7) is 75.3. The summed E-state index contributed by atoms with van der Waals surface area (Å²) in [5.41, 5.74) is 34.3. The van der Waals surface area contributed by atoms with E-state index >= 15 is 0 Å². The summed E-state index contributed by atoms with van der Waals surface area (Å²) in [5, 5.41) is 0. The quantitative estimate of drug-likeness (QED) is 0.0528. The second-order valence-electron chi connectivity index (χ2n) is 32.1. The Morgan fingerprint density at radius 3 is 0.473 bits per heavy atom. The topological polar surface area (TPSA) is 0 Å². The molecule has 0 aliphatic heterocycles. The molecule has 0 nitrogen and oxygen atoms in total. The van der Waals surface area contributed by atoms with E-state index in [4.69, 9.17) is 0 Å². The second kappa shape index (κ2) is 36.2. The van der Waals surface area contributed by atoms with Gasteiger partial charge in [0.1, 0.15) is 0 Å². The molecule has 510 valence electrons. The molecule has 0 spiro atoms. The van der Waals surface area contributed by atoms with E-state index in [9.17, 15) is 0 Å². The van der Waals surface area contributed by atoms with Crippen molar-refractivity contribution in [3.05, 3.63) is 198 Å². The molecule has 0 aromatic heterocycles. The van der Waals surface area contributed by atoms with Crippen LogP contribution in [0.5, 0.6) is 0 Å². The van der Waals surface area contributed by atoms with Crippen LogP contribution in [0.25, 0.3) is 44.5 Å². The Morgan fingerprint density at radius 2 is 0.344 bits per heavy atom. The molecule has 0 saturated carbocycles. The zero-order valence-electron chi connectivity index (χ0n) is 64.9. The van der Waals surface area contributed by atoms with Gasteiger partial charge in [0.2, 0.25) is 0 Å². The van der Waals surface area contributed by atoms with Gasteiger partial charge >= 0.3 is 0 Å². The van der Waals surface area contributed by atoms with Crippen molar-refractivity contribution in [3.63, 3.8) is 0 Å². The average Bonchev–Trinajstić information content (AvgIpc) is 0.901. The molecule has 0 amide bonds. The molecule has 0 saturated heterocycles. The predicted molar refractivity (Wildman–Crippen MR) is 410 cm³/mol. The number of allylic oxidation sites excluding steroid dienone is 6. The molecule has 0 bridgehead atoms. The molecule has 0 unspecified atom stereocenters. The van der Waals surface area contributed by atoms with Crippen molar-refractivity contribution in [1.82, 2.24) is 0 Å². The van der Waals surface area contributed by atoms with Crippen molar-refractivity contribution < 1.29 is 34.1 Å². The van der Waals surface area contributed by atoms with E-state index in [1.54, 1.807) is 0 Å². The smallest absolute Gasteiger partial charge is 0 e. The molecular formula is C91H130Mn2-2. The van der Waals surface area contributed by atoms with Crippen LogP contribution in [0.4, 0.5) is 0 Å². The fourth-order valence-corrected chi connectivity index (χ4v) is 13.3. The summed E-state index contributed by atoms with van der Waals surface area (Å²) in [4.78, 5) is 0. The molecule has 93 heavy (non-hydrogen) atoms. The van der Waals surface area contributed by atoms with E-state index in [-0.39, 0.29) is 34.1 Å². The summed E-state index contributed by atoms with van der Waals surface area (Å²) in [6, 6.07) is 33.6. The van der Waals surface area contributed by atoms with Gasteiger partial charge in [-0.1, -0.05) is 373 Å². The van der Waals surface area contributed by atoms with Gasteiger partial charge in [0, 0.05) is 34.1 Å². The van der Waals surface area contributed by atoms with Gasteiger partial charge in [0.25, 0.3) is 0 Å².